The second-order valence-corrected chi connectivity index (χ2v) is 8.02. The number of sulfonamides is 1. The van der Waals surface area contributed by atoms with Crippen molar-refractivity contribution in [3.05, 3.63) is 64.9 Å². The van der Waals surface area contributed by atoms with Gasteiger partial charge in [-0.15, -0.1) is 0 Å². The number of aromatic nitrogens is 1. The van der Waals surface area contributed by atoms with E-state index in [9.17, 15) is 13.2 Å². The Morgan fingerprint density at radius 2 is 2.00 bits per heavy atom. The van der Waals surface area contributed by atoms with Crippen LogP contribution in [0.15, 0.2) is 48.7 Å². The molecule has 134 valence electrons. The van der Waals surface area contributed by atoms with Crippen molar-refractivity contribution in [2.75, 3.05) is 12.3 Å². The Kier molecular flexibility index (Phi) is 6.92. The van der Waals surface area contributed by atoms with Gasteiger partial charge in [-0.05, 0) is 36.2 Å². The highest BCUT2D eigenvalue weighted by Gasteiger charge is 2.23. The molecule has 0 amide bonds. The van der Waals surface area contributed by atoms with Crippen molar-refractivity contribution >= 4 is 27.6 Å². The van der Waals surface area contributed by atoms with Crippen molar-refractivity contribution in [3.8, 4) is 0 Å². The lowest BCUT2D eigenvalue weighted by Crippen LogP contribution is -2.35. The van der Waals surface area contributed by atoms with Gasteiger partial charge in [0.1, 0.15) is 0 Å². The summed E-state index contributed by atoms with van der Waals surface area (Å²) in [5.74, 6) is -1.17. The summed E-state index contributed by atoms with van der Waals surface area (Å²) in [5, 5.41) is 9.43. The fourth-order valence-electron chi connectivity index (χ4n) is 2.28. The molecule has 1 aromatic carbocycles. The third-order valence-electron chi connectivity index (χ3n) is 3.57. The number of aryl methyl sites for hydroxylation is 1. The summed E-state index contributed by atoms with van der Waals surface area (Å²) >= 11 is 5.92. The maximum atomic E-state index is 12.7. The summed E-state index contributed by atoms with van der Waals surface area (Å²) in [6.07, 6.45) is 1.61. The number of carboxylic acids is 1. The average Bonchev–Trinajstić information content (AvgIpc) is 2.57. The minimum absolute atomic E-state index is 0.0476. The fourth-order valence-corrected chi connectivity index (χ4v) is 3.94. The molecule has 6 nitrogen and oxygen atoms in total. The van der Waals surface area contributed by atoms with E-state index in [1.54, 1.807) is 42.6 Å². The highest BCUT2D eigenvalue weighted by atomic mass is 35.5. The molecule has 0 fully saturated rings. The maximum Gasteiger partial charge on any atom is 0.304 e. The molecule has 0 bridgehead atoms. The zero-order chi connectivity index (χ0) is 18.3. The van der Waals surface area contributed by atoms with Crippen molar-refractivity contribution in [3.63, 3.8) is 0 Å². The van der Waals surface area contributed by atoms with Crippen LogP contribution in [0.1, 0.15) is 17.7 Å². The quantitative estimate of drug-likeness (QED) is 0.720. The van der Waals surface area contributed by atoms with E-state index in [4.69, 9.17) is 16.7 Å². The Hall–Kier alpha value is -1.96. The Morgan fingerprint density at radius 3 is 2.64 bits per heavy atom. The Bertz CT molecular complexity index is 812. The molecule has 0 aliphatic heterocycles. The highest BCUT2D eigenvalue weighted by molar-refractivity contribution is 7.89. The van der Waals surface area contributed by atoms with Crippen LogP contribution in [0, 0.1) is 0 Å². The lowest BCUT2D eigenvalue weighted by atomic mass is 10.2. The molecule has 25 heavy (non-hydrogen) atoms. The summed E-state index contributed by atoms with van der Waals surface area (Å²) in [6.45, 7) is -0.0458. The van der Waals surface area contributed by atoms with Gasteiger partial charge in [-0.25, -0.2) is 8.42 Å². The first-order chi connectivity index (χ1) is 11.9. The molecule has 2 rings (SSSR count). The molecule has 1 heterocycles. The number of hydrogen-bond donors (Lipinski definition) is 1. The molecule has 0 aliphatic rings. The molecule has 2 aromatic rings. The molecule has 8 heteroatoms. The predicted molar refractivity (Wildman–Crippen MR) is 95.8 cm³/mol. The first kappa shape index (κ1) is 19.4. The Labute approximate surface area is 152 Å². The molecule has 0 saturated heterocycles. The van der Waals surface area contributed by atoms with E-state index in [0.717, 1.165) is 5.56 Å². The molecule has 1 N–H and O–H groups in total. The van der Waals surface area contributed by atoms with Gasteiger partial charge in [0.25, 0.3) is 0 Å². The minimum Gasteiger partial charge on any atom is -0.481 e. The number of carbonyl (C=O) groups is 1. The fraction of sp³-hybridized carbons (Fsp3) is 0.294. The standard InChI is InChI=1S/C17H19ClN2O4S/c18-15-5-3-4-14(12-15)8-11-25(23,24)20(10-7-17(21)22)13-16-6-1-2-9-19-16/h1-6,9,12H,7-8,10-11,13H2,(H,21,22). The number of aliphatic carboxylic acids is 1. The first-order valence-electron chi connectivity index (χ1n) is 7.71. The van der Waals surface area contributed by atoms with Gasteiger partial charge in [0, 0.05) is 17.8 Å². The number of benzene rings is 1. The van der Waals surface area contributed by atoms with Crippen LogP contribution in [-0.4, -0.2) is 41.1 Å². The SMILES string of the molecule is O=C(O)CCN(Cc1ccccn1)S(=O)(=O)CCc1cccc(Cl)c1. The van der Waals surface area contributed by atoms with Crippen LogP contribution >= 0.6 is 11.6 Å². The molecule has 0 atom stereocenters. The predicted octanol–water partition coefficient (Wildman–Crippen LogP) is 2.58. The zero-order valence-electron chi connectivity index (χ0n) is 13.5. The molecule has 0 spiro atoms. The monoisotopic (exact) mass is 382 g/mol. The molecule has 0 unspecified atom stereocenters. The number of nitrogens with zero attached hydrogens (tertiary/aromatic N) is 2. The summed E-state index contributed by atoms with van der Waals surface area (Å²) in [7, 11) is -3.64. The van der Waals surface area contributed by atoms with Crippen LogP contribution in [0.3, 0.4) is 0 Å². The van der Waals surface area contributed by atoms with Gasteiger partial charge in [0.15, 0.2) is 0 Å². The topological polar surface area (TPSA) is 87.6 Å². The Morgan fingerprint density at radius 1 is 1.20 bits per heavy atom. The molecule has 0 aliphatic carbocycles. The number of rotatable bonds is 9. The number of pyridine rings is 1. The molecule has 0 radical (unpaired) electrons. The van der Waals surface area contributed by atoms with Gasteiger partial charge in [0.05, 0.1) is 24.4 Å². The van der Waals surface area contributed by atoms with E-state index in [-0.39, 0.29) is 25.3 Å². The van der Waals surface area contributed by atoms with Crippen LogP contribution in [0.4, 0.5) is 0 Å². The van der Waals surface area contributed by atoms with E-state index in [1.807, 2.05) is 6.07 Å². The van der Waals surface area contributed by atoms with Gasteiger partial charge in [-0.1, -0.05) is 29.8 Å². The third-order valence-corrected chi connectivity index (χ3v) is 5.62. The summed E-state index contributed by atoms with van der Waals surface area (Å²) in [4.78, 5) is 15.0. The summed E-state index contributed by atoms with van der Waals surface area (Å²) in [6, 6.07) is 12.2. The van der Waals surface area contributed by atoms with Crippen molar-refractivity contribution in [1.82, 2.24) is 9.29 Å². The Balaban J connectivity index is 2.11. The maximum absolute atomic E-state index is 12.7. The lowest BCUT2D eigenvalue weighted by Gasteiger charge is -2.21. The van der Waals surface area contributed by atoms with E-state index in [0.29, 0.717) is 17.1 Å². The zero-order valence-corrected chi connectivity index (χ0v) is 15.1. The van der Waals surface area contributed by atoms with E-state index in [1.165, 1.54) is 4.31 Å². The lowest BCUT2D eigenvalue weighted by molar-refractivity contribution is -0.137. The van der Waals surface area contributed by atoms with Crippen LogP contribution in [-0.2, 0) is 27.8 Å². The van der Waals surface area contributed by atoms with Gasteiger partial charge in [-0.3, -0.25) is 9.78 Å². The second-order valence-electron chi connectivity index (χ2n) is 5.49. The molecular weight excluding hydrogens is 364 g/mol. The van der Waals surface area contributed by atoms with Crippen molar-refractivity contribution in [2.45, 2.75) is 19.4 Å². The smallest absolute Gasteiger partial charge is 0.304 e. The normalized spacial score (nSPS) is 11.6. The van der Waals surface area contributed by atoms with Crippen LogP contribution in [0.5, 0.6) is 0 Å². The van der Waals surface area contributed by atoms with E-state index >= 15 is 0 Å². The highest BCUT2D eigenvalue weighted by Crippen LogP contribution is 2.14. The van der Waals surface area contributed by atoms with Gasteiger partial charge in [-0.2, -0.15) is 4.31 Å². The van der Waals surface area contributed by atoms with Crippen LogP contribution in [0.25, 0.3) is 0 Å². The van der Waals surface area contributed by atoms with Gasteiger partial charge < -0.3 is 5.11 Å². The van der Waals surface area contributed by atoms with Crippen LogP contribution < -0.4 is 0 Å². The summed E-state index contributed by atoms with van der Waals surface area (Å²) in [5.41, 5.74) is 1.38. The number of halogens is 1. The van der Waals surface area contributed by atoms with E-state index < -0.39 is 16.0 Å². The van der Waals surface area contributed by atoms with Crippen LogP contribution in [0.2, 0.25) is 5.02 Å². The van der Waals surface area contributed by atoms with Crippen molar-refractivity contribution < 1.29 is 18.3 Å². The van der Waals surface area contributed by atoms with Gasteiger partial charge in [0.2, 0.25) is 10.0 Å². The van der Waals surface area contributed by atoms with Crippen molar-refractivity contribution in [1.29, 1.82) is 0 Å². The second kappa shape index (κ2) is 8.94. The first-order valence-corrected chi connectivity index (χ1v) is 9.69. The van der Waals surface area contributed by atoms with Crippen molar-refractivity contribution in [2.24, 2.45) is 0 Å². The third kappa shape index (κ3) is 6.45. The molecular formula is C17H19ClN2O4S. The number of hydrogen-bond acceptors (Lipinski definition) is 4. The summed E-state index contributed by atoms with van der Waals surface area (Å²) < 4.78 is 26.5. The largest absolute Gasteiger partial charge is 0.481 e. The molecule has 1 aromatic heterocycles. The minimum atomic E-state index is -3.64. The average molecular weight is 383 g/mol. The van der Waals surface area contributed by atoms with Gasteiger partial charge >= 0.3 is 5.97 Å². The number of carboxylic acid groups (broad SMARTS) is 1. The molecule has 0 saturated carbocycles. The van der Waals surface area contributed by atoms with E-state index in [2.05, 4.69) is 4.98 Å².